The maximum absolute atomic E-state index is 13.2. The van der Waals surface area contributed by atoms with Crippen LogP contribution in [-0.2, 0) is 33.2 Å². The molecule has 17 atom stereocenters. The topological polar surface area (TPSA) is 307 Å². The monoisotopic (exact) mass is 1080 g/mol. The minimum Gasteiger partial charge on any atom is -0.394 e. The van der Waals surface area contributed by atoms with Crippen LogP contribution in [0, 0.1) is 0 Å². The second-order valence-electron chi connectivity index (χ2n) is 20.0. The van der Waals surface area contributed by atoms with Crippen molar-refractivity contribution in [2.45, 2.75) is 253 Å². The van der Waals surface area contributed by atoms with Gasteiger partial charge in [0, 0.05) is 6.42 Å². The first-order valence-electron chi connectivity index (χ1n) is 28.2. The Balaban J connectivity index is 1.46. The molecule has 17 unspecified atom stereocenters. The molecule has 0 aromatic carbocycles. The SMILES string of the molecule is CC/C=C\C/C=C\C/C=C\C/C=C\C/C=C\CCCCCCCCCC(=O)NC(COC1OC(CO)C(OC2OC(CO)C(OC3OC(CO)C(O)C(O)C3O)C(O)C2O)C(O)C1O)C(O)/C=C/CCCCCCCC. The first-order valence-corrected chi connectivity index (χ1v) is 28.2. The van der Waals surface area contributed by atoms with E-state index in [9.17, 15) is 61.0 Å². The molecule has 3 heterocycles. The number of carbonyl (C=O) groups excluding carboxylic acids is 1. The van der Waals surface area contributed by atoms with E-state index >= 15 is 0 Å². The van der Waals surface area contributed by atoms with Gasteiger partial charge in [-0.05, 0) is 64.2 Å². The van der Waals surface area contributed by atoms with Gasteiger partial charge in [0.15, 0.2) is 18.9 Å². The second-order valence-corrected chi connectivity index (χ2v) is 20.0. The molecule has 0 bridgehead atoms. The zero-order chi connectivity index (χ0) is 55.5. The highest BCUT2D eigenvalue weighted by atomic mass is 16.8. The highest BCUT2D eigenvalue weighted by Crippen LogP contribution is 2.33. The van der Waals surface area contributed by atoms with Crippen molar-refractivity contribution in [3.8, 4) is 0 Å². The van der Waals surface area contributed by atoms with Crippen LogP contribution in [0.25, 0.3) is 0 Å². The van der Waals surface area contributed by atoms with Gasteiger partial charge in [0.1, 0.15) is 73.2 Å². The molecule has 3 aliphatic rings. The van der Waals surface area contributed by atoms with E-state index in [4.69, 9.17) is 28.4 Å². The maximum Gasteiger partial charge on any atom is 0.220 e. The Morgan fingerprint density at radius 1 is 0.487 bits per heavy atom. The summed E-state index contributed by atoms with van der Waals surface area (Å²) in [7, 11) is 0. The summed E-state index contributed by atoms with van der Waals surface area (Å²) < 4.78 is 34.1. The normalized spacial score (nSPS) is 31.5. The molecule has 0 aromatic heterocycles. The summed E-state index contributed by atoms with van der Waals surface area (Å²) in [4.78, 5) is 13.2. The predicted molar refractivity (Wildman–Crippen MR) is 286 cm³/mol. The molecule has 3 aliphatic heterocycles. The molecule has 19 nitrogen and oxygen atoms in total. The van der Waals surface area contributed by atoms with Crippen molar-refractivity contribution in [1.29, 1.82) is 0 Å². The lowest BCUT2D eigenvalue weighted by molar-refractivity contribution is -0.379. The van der Waals surface area contributed by atoms with Gasteiger partial charge in [0.25, 0.3) is 0 Å². The number of ether oxygens (including phenoxy) is 6. The van der Waals surface area contributed by atoms with Gasteiger partial charge in [-0.25, -0.2) is 0 Å². The van der Waals surface area contributed by atoms with Crippen LogP contribution in [0.5, 0.6) is 0 Å². The molecule has 1 amide bonds. The van der Waals surface area contributed by atoms with E-state index in [1.54, 1.807) is 6.08 Å². The van der Waals surface area contributed by atoms with Crippen LogP contribution in [0.2, 0.25) is 0 Å². The Bertz CT molecular complexity index is 1670. The minimum atomic E-state index is -1.98. The molecule has 3 saturated heterocycles. The third-order valence-electron chi connectivity index (χ3n) is 13.8. The van der Waals surface area contributed by atoms with Crippen molar-refractivity contribution in [3.63, 3.8) is 0 Å². The highest BCUT2D eigenvalue weighted by Gasteiger charge is 2.53. The van der Waals surface area contributed by atoms with Crippen LogP contribution in [0.4, 0.5) is 0 Å². The largest absolute Gasteiger partial charge is 0.394 e. The van der Waals surface area contributed by atoms with Gasteiger partial charge in [0.05, 0.1) is 38.6 Å². The van der Waals surface area contributed by atoms with E-state index in [2.05, 4.69) is 79.9 Å². The lowest BCUT2D eigenvalue weighted by Crippen LogP contribution is -2.66. The third-order valence-corrected chi connectivity index (χ3v) is 13.8. The number of allylic oxidation sites excluding steroid dienone is 11. The van der Waals surface area contributed by atoms with Crippen LogP contribution < -0.4 is 5.32 Å². The number of carbonyl (C=O) groups is 1. The molecule has 76 heavy (non-hydrogen) atoms. The zero-order valence-corrected chi connectivity index (χ0v) is 45.2. The Morgan fingerprint density at radius 3 is 1.42 bits per heavy atom. The van der Waals surface area contributed by atoms with Crippen LogP contribution in [-0.4, -0.2) is 193 Å². The number of rotatable bonds is 39. The summed E-state index contributed by atoms with van der Waals surface area (Å²) in [5, 5.41) is 120. The third kappa shape index (κ3) is 24.7. The molecule has 3 rings (SSSR count). The summed E-state index contributed by atoms with van der Waals surface area (Å²) in [6, 6.07) is -0.980. The van der Waals surface area contributed by atoms with E-state index < -0.39 is 124 Å². The Labute approximate surface area is 451 Å². The predicted octanol–water partition coefficient (Wildman–Crippen LogP) is 3.87. The lowest BCUT2D eigenvalue weighted by atomic mass is 9.96. The summed E-state index contributed by atoms with van der Waals surface area (Å²) >= 11 is 0. The van der Waals surface area contributed by atoms with Gasteiger partial charge in [-0.15, -0.1) is 0 Å². The molecule has 0 saturated carbocycles. The van der Waals surface area contributed by atoms with Gasteiger partial charge in [0.2, 0.25) is 5.91 Å². The van der Waals surface area contributed by atoms with Crippen LogP contribution in [0.15, 0.2) is 72.9 Å². The van der Waals surface area contributed by atoms with Gasteiger partial charge in [-0.1, -0.05) is 151 Å². The fourth-order valence-corrected chi connectivity index (χ4v) is 9.10. The van der Waals surface area contributed by atoms with E-state index in [1.807, 2.05) is 6.08 Å². The number of aliphatic hydroxyl groups is 11. The fraction of sp³-hybridized carbons (Fsp3) is 0.772. The van der Waals surface area contributed by atoms with Gasteiger partial charge in [-0.2, -0.15) is 0 Å². The van der Waals surface area contributed by atoms with Gasteiger partial charge >= 0.3 is 0 Å². The average molecular weight is 1080 g/mol. The number of hydrogen-bond donors (Lipinski definition) is 12. The molecule has 12 N–H and O–H groups in total. The summed E-state index contributed by atoms with van der Waals surface area (Å²) in [5.74, 6) is -0.295. The standard InChI is InChI=1S/C57H97NO18/c1-3-5-7-9-11-13-14-15-16-17-18-19-20-21-22-23-24-25-26-27-29-31-33-35-45(63)58-40(41(62)34-32-30-28-12-10-8-6-4-2)39-71-55-51(69)48(66)53(43(37-60)73-55)76-57-52(70)49(67)54(44(38-61)74-57)75-56-50(68)47(65)46(64)42(36-59)72-56/h5,7,11,13,15-16,18-19,21-22,32,34,40-44,46-57,59-62,64-70H,3-4,6,8-10,12,14,17,20,23-31,33,35-39H2,1-2H3,(H,58,63)/b7-5-,13-11-,16-15-,19-18-,22-21-,34-32+. The Hall–Kier alpha value is -2.77. The van der Waals surface area contributed by atoms with Crippen molar-refractivity contribution in [2.75, 3.05) is 26.4 Å². The van der Waals surface area contributed by atoms with Gasteiger partial charge < -0.3 is 89.9 Å². The number of amides is 1. The molecule has 0 radical (unpaired) electrons. The maximum atomic E-state index is 13.2. The van der Waals surface area contributed by atoms with E-state index in [1.165, 1.54) is 12.8 Å². The molecule has 0 aromatic rings. The van der Waals surface area contributed by atoms with Gasteiger partial charge in [-0.3, -0.25) is 4.79 Å². The molecule has 438 valence electrons. The van der Waals surface area contributed by atoms with Crippen molar-refractivity contribution in [2.24, 2.45) is 0 Å². The molecule has 0 aliphatic carbocycles. The molecule has 19 heteroatoms. The fourth-order valence-electron chi connectivity index (χ4n) is 9.10. The molecule has 3 fully saturated rings. The molecular weight excluding hydrogens is 987 g/mol. The summed E-state index contributed by atoms with van der Waals surface area (Å²) in [6.45, 7) is 1.51. The van der Waals surface area contributed by atoms with Crippen molar-refractivity contribution in [3.05, 3.63) is 72.9 Å². The Morgan fingerprint density at radius 2 is 0.908 bits per heavy atom. The van der Waals surface area contributed by atoms with E-state index in [0.29, 0.717) is 6.42 Å². The number of aliphatic hydroxyl groups excluding tert-OH is 11. The molecule has 0 spiro atoms. The van der Waals surface area contributed by atoms with Crippen molar-refractivity contribution >= 4 is 5.91 Å². The van der Waals surface area contributed by atoms with Crippen molar-refractivity contribution in [1.82, 2.24) is 5.32 Å². The first kappa shape index (κ1) is 67.5. The van der Waals surface area contributed by atoms with Crippen LogP contribution in [0.3, 0.4) is 0 Å². The van der Waals surface area contributed by atoms with E-state index in [0.717, 1.165) is 109 Å². The first-order chi connectivity index (χ1) is 36.8. The molecular formula is C57H97NO18. The van der Waals surface area contributed by atoms with Crippen LogP contribution >= 0.6 is 0 Å². The summed E-state index contributed by atoms with van der Waals surface area (Å²) in [6.07, 6.45) is 19.2. The number of hydrogen-bond acceptors (Lipinski definition) is 18. The van der Waals surface area contributed by atoms with Crippen molar-refractivity contribution < 1.29 is 89.4 Å². The average Bonchev–Trinajstić information content (AvgIpc) is 3.42. The summed E-state index contributed by atoms with van der Waals surface area (Å²) in [5.41, 5.74) is 0. The van der Waals surface area contributed by atoms with Crippen LogP contribution in [0.1, 0.15) is 149 Å². The zero-order valence-electron chi connectivity index (χ0n) is 45.2. The quantitative estimate of drug-likeness (QED) is 0.0307. The highest BCUT2D eigenvalue weighted by molar-refractivity contribution is 5.76. The number of nitrogens with one attached hydrogen (secondary N) is 1. The second kappa shape index (κ2) is 40.4. The smallest absolute Gasteiger partial charge is 0.220 e. The lowest BCUT2D eigenvalue weighted by Gasteiger charge is -2.48. The minimum absolute atomic E-state index is 0.225. The van der Waals surface area contributed by atoms with E-state index in [-0.39, 0.29) is 18.9 Å². The Kier molecular flexibility index (Phi) is 35.9. The number of unbranched alkanes of at least 4 members (excludes halogenated alkanes) is 13.